The number of nitrogens with zero attached hydrogens (tertiary/aromatic N) is 1. The lowest BCUT2D eigenvalue weighted by Gasteiger charge is -1.96. The van der Waals surface area contributed by atoms with E-state index < -0.39 is 5.97 Å². The van der Waals surface area contributed by atoms with Crippen molar-refractivity contribution in [3.05, 3.63) is 41.5 Å². The van der Waals surface area contributed by atoms with Crippen molar-refractivity contribution in [2.75, 3.05) is 0 Å². The highest BCUT2D eigenvalue weighted by atomic mass is 19.1. The van der Waals surface area contributed by atoms with Crippen molar-refractivity contribution in [1.29, 1.82) is 0 Å². The van der Waals surface area contributed by atoms with Gasteiger partial charge in [-0.25, -0.2) is 14.2 Å². The molecule has 18 heavy (non-hydrogen) atoms. The number of benzene rings is 1. The number of hydrogen-bond acceptors (Lipinski definition) is 2. The molecule has 0 radical (unpaired) electrons. The molecule has 5 heteroatoms. The lowest BCUT2D eigenvalue weighted by molar-refractivity contribution is 0.0690. The number of nitrogens with one attached hydrogen (secondary N) is 1. The Kier molecular flexibility index (Phi) is 2.40. The number of carbonyl (C=O) groups is 1. The molecule has 3 rings (SSSR count). The average Bonchev–Trinajstić information content (AvgIpc) is 3.07. The molecule has 1 aliphatic rings. The van der Waals surface area contributed by atoms with Crippen molar-refractivity contribution >= 4 is 5.97 Å². The first-order chi connectivity index (χ1) is 8.65. The summed E-state index contributed by atoms with van der Waals surface area (Å²) >= 11 is 0. The van der Waals surface area contributed by atoms with Crippen molar-refractivity contribution in [3.63, 3.8) is 0 Å². The first kappa shape index (κ1) is 11.0. The van der Waals surface area contributed by atoms with Crippen molar-refractivity contribution in [3.8, 4) is 11.4 Å². The Hall–Kier alpha value is -2.17. The van der Waals surface area contributed by atoms with Crippen molar-refractivity contribution in [1.82, 2.24) is 9.97 Å². The second-order valence-corrected chi connectivity index (χ2v) is 4.44. The minimum atomic E-state index is -1.05. The van der Waals surface area contributed by atoms with E-state index in [4.69, 9.17) is 5.11 Å². The number of rotatable bonds is 3. The molecule has 1 fully saturated rings. The molecule has 1 aliphatic carbocycles. The largest absolute Gasteiger partial charge is 0.476 e. The molecule has 0 saturated heterocycles. The predicted octanol–water partition coefficient (Wildman–Crippen LogP) is 2.79. The van der Waals surface area contributed by atoms with Gasteiger partial charge in [0.25, 0.3) is 0 Å². The molecular formula is C13H11FN2O2. The lowest BCUT2D eigenvalue weighted by Crippen LogP contribution is -2.00. The number of halogens is 1. The van der Waals surface area contributed by atoms with Crippen molar-refractivity contribution < 1.29 is 14.3 Å². The third kappa shape index (κ3) is 1.88. The van der Waals surface area contributed by atoms with Gasteiger partial charge in [0.2, 0.25) is 0 Å². The van der Waals surface area contributed by atoms with Gasteiger partial charge in [0.15, 0.2) is 5.69 Å². The van der Waals surface area contributed by atoms with Crippen molar-refractivity contribution in [2.24, 2.45) is 0 Å². The van der Waals surface area contributed by atoms with E-state index in [0.29, 0.717) is 17.1 Å². The maximum absolute atomic E-state index is 13.1. The zero-order valence-corrected chi connectivity index (χ0v) is 9.48. The maximum atomic E-state index is 13.1. The Morgan fingerprint density at radius 3 is 2.83 bits per heavy atom. The minimum absolute atomic E-state index is 0.0526. The van der Waals surface area contributed by atoms with Crippen LogP contribution in [0.25, 0.3) is 11.4 Å². The molecule has 0 bridgehead atoms. The Morgan fingerprint density at radius 2 is 2.22 bits per heavy atom. The van der Waals surface area contributed by atoms with Gasteiger partial charge >= 0.3 is 5.97 Å². The number of aromatic nitrogens is 2. The summed E-state index contributed by atoms with van der Waals surface area (Å²) in [6.45, 7) is 0. The molecule has 4 nitrogen and oxygen atoms in total. The summed E-state index contributed by atoms with van der Waals surface area (Å²) in [5.74, 6) is -0.746. The van der Waals surface area contributed by atoms with Crippen LogP contribution in [0.5, 0.6) is 0 Å². The first-order valence-corrected chi connectivity index (χ1v) is 5.74. The van der Waals surface area contributed by atoms with Crippen molar-refractivity contribution in [2.45, 2.75) is 18.8 Å². The molecule has 1 heterocycles. The van der Waals surface area contributed by atoms with Gasteiger partial charge in [-0.15, -0.1) is 0 Å². The Bertz CT molecular complexity index is 617. The average molecular weight is 246 g/mol. The smallest absolute Gasteiger partial charge is 0.356 e. The monoisotopic (exact) mass is 246 g/mol. The summed E-state index contributed by atoms with van der Waals surface area (Å²) in [5, 5.41) is 9.10. The molecule has 0 atom stereocenters. The van der Waals surface area contributed by atoms with Gasteiger partial charge in [0.05, 0.1) is 5.69 Å². The third-order valence-corrected chi connectivity index (χ3v) is 3.02. The topological polar surface area (TPSA) is 66.0 Å². The quantitative estimate of drug-likeness (QED) is 0.875. The predicted molar refractivity (Wildman–Crippen MR) is 62.9 cm³/mol. The van der Waals surface area contributed by atoms with Gasteiger partial charge < -0.3 is 10.1 Å². The summed E-state index contributed by atoms with van der Waals surface area (Å²) in [4.78, 5) is 18.2. The van der Waals surface area contributed by atoms with E-state index in [1.165, 1.54) is 12.1 Å². The van der Waals surface area contributed by atoms with E-state index >= 15 is 0 Å². The standard InChI is InChI=1S/C13H11FN2O2/c14-9-3-1-2-8(6-9)12-15-10(7-4-5-7)11(16-12)13(17)18/h1-3,6-7H,4-5H2,(H,15,16)(H,17,18). The number of carboxylic acid groups (broad SMARTS) is 1. The van der Waals surface area contributed by atoms with E-state index in [-0.39, 0.29) is 17.4 Å². The third-order valence-electron chi connectivity index (χ3n) is 3.02. The van der Waals surface area contributed by atoms with E-state index in [1.807, 2.05) is 0 Å². The molecule has 1 saturated carbocycles. The number of hydrogen-bond donors (Lipinski definition) is 2. The van der Waals surface area contributed by atoms with Gasteiger partial charge in [-0.3, -0.25) is 0 Å². The molecule has 0 spiro atoms. The summed E-state index contributed by atoms with van der Waals surface area (Å²) in [5.41, 5.74) is 1.27. The highest BCUT2D eigenvalue weighted by Gasteiger charge is 2.31. The fourth-order valence-electron chi connectivity index (χ4n) is 1.99. The molecule has 2 aromatic rings. The van der Waals surface area contributed by atoms with E-state index in [2.05, 4.69) is 9.97 Å². The van der Waals surface area contributed by atoms with Crippen LogP contribution in [0, 0.1) is 5.82 Å². The highest BCUT2D eigenvalue weighted by Crippen LogP contribution is 2.41. The van der Waals surface area contributed by atoms with Crippen LogP contribution in [0.15, 0.2) is 24.3 Å². The summed E-state index contributed by atoms with van der Waals surface area (Å²) < 4.78 is 13.1. The van der Waals surface area contributed by atoms with Crippen LogP contribution in [-0.2, 0) is 0 Å². The SMILES string of the molecule is O=C(O)c1nc(-c2cccc(F)c2)[nH]c1C1CC1. The summed E-state index contributed by atoms with van der Waals surface area (Å²) in [6.07, 6.45) is 1.95. The fourth-order valence-corrected chi connectivity index (χ4v) is 1.99. The van der Waals surface area contributed by atoms with Crippen LogP contribution in [-0.4, -0.2) is 21.0 Å². The van der Waals surface area contributed by atoms with Gasteiger partial charge in [0, 0.05) is 11.5 Å². The number of aromatic amines is 1. The Morgan fingerprint density at radius 1 is 1.44 bits per heavy atom. The van der Waals surface area contributed by atoms with Crippen LogP contribution in [0.1, 0.15) is 34.9 Å². The maximum Gasteiger partial charge on any atom is 0.356 e. The molecule has 1 aromatic heterocycles. The first-order valence-electron chi connectivity index (χ1n) is 5.74. The number of imidazole rings is 1. The van der Waals surface area contributed by atoms with Crippen LogP contribution in [0.3, 0.4) is 0 Å². The van der Waals surface area contributed by atoms with Gasteiger partial charge in [0.1, 0.15) is 11.6 Å². The van der Waals surface area contributed by atoms with E-state index in [0.717, 1.165) is 12.8 Å². The highest BCUT2D eigenvalue weighted by molar-refractivity contribution is 5.88. The molecule has 1 aromatic carbocycles. The molecule has 2 N–H and O–H groups in total. The van der Waals surface area contributed by atoms with Crippen LogP contribution >= 0.6 is 0 Å². The van der Waals surface area contributed by atoms with E-state index in [9.17, 15) is 9.18 Å². The fraction of sp³-hybridized carbons (Fsp3) is 0.231. The van der Waals surface area contributed by atoms with Gasteiger partial charge in [-0.1, -0.05) is 12.1 Å². The molecule has 0 unspecified atom stereocenters. The number of carboxylic acids is 1. The second kappa shape index (κ2) is 3.94. The van der Waals surface area contributed by atoms with Crippen LogP contribution < -0.4 is 0 Å². The van der Waals surface area contributed by atoms with Crippen LogP contribution in [0.4, 0.5) is 4.39 Å². The number of H-pyrrole nitrogens is 1. The Labute approximate surface area is 102 Å². The van der Waals surface area contributed by atoms with E-state index in [1.54, 1.807) is 12.1 Å². The molecule has 0 aliphatic heterocycles. The second-order valence-electron chi connectivity index (χ2n) is 4.44. The van der Waals surface area contributed by atoms with Gasteiger partial charge in [-0.2, -0.15) is 0 Å². The van der Waals surface area contributed by atoms with Crippen LogP contribution in [0.2, 0.25) is 0 Å². The lowest BCUT2D eigenvalue weighted by atomic mass is 10.2. The zero-order chi connectivity index (χ0) is 12.7. The zero-order valence-electron chi connectivity index (χ0n) is 9.48. The number of aromatic carboxylic acids is 1. The normalized spacial score (nSPS) is 14.7. The summed E-state index contributed by atoms with van der Waals surface area (Å²) in [7, 11) is 0. The van der Waals surface area contributed by atoms with Gasteiger partial charge in [-0.05, 0) is 25.0 Å². The molecular weight excluding hydrogens is 235 g/mol. The molecule has 0 amide bonds. The molecule has 92 valence electrons. The summed E-state index contributed by atoms with van der Waals surface area (Å²) in [6, 6.07) is 5.95. The Balaban J connectivity index is 2.07. The minimum Gasteiger partial charge on any atom is -0.476 e.